The van der Waals surface area contributed by atoms with Gasteiger partial charge in [0.2, 0.25) is 5.88 Å². The lowest BCUT2D eigenvalue weighted by Gasteiger charge is -2.27. The van der Waals surface area contributed by atoms with Crippen molar-refractivity contribution < 1.29 is 28.2 Å². The van der Waals surface area contributed by atoms with E-state index < -0.39 is 17.6 Å². The molecule has 0 amide bonds. The first-order valence-corrected chi connectivity index (χ1v) is 13.9. The van der Waals surface area contributed by atoms with Gasteiger partial charge in [-0.15, -0.1) is 0 Å². The van der Waals surface area contributed by atoms with Crippen LogP contribution in [0.15, 0.2) is 54.6 Å². The first-order valence-electron chi connectivity index (χ1n) is 13.9. The summed E-state index contributed by atoms with van der Waals surface area (Å²) in [6.07, 6.45) is 2.92. The van der Waals surface area contributed by atoms with Crippen molar-refractivity contribution in [3.8, 4) is 17.1 Å². The molecule has 0 radical (unpaired) electrons. The van der Waals surface area contributed by atoms with Gasteiger partial charge in [0.1, 0.15) is 29.8 Å². The van der Waals surface area contributed by atoms with Gasteiger partial charge in [-0.3, -0.25) is 4.68 Å². The summed E-state index contributed by atoms with van der Waals surface area (Å²) in [5.74, 6) is -1.50. The van der Waals surface area contributed by atoms with Crippen LogP contribution in [0, 0.1) is 11.6 Å². The summed E-state index contributed by atoms with van der Waals surface area (Å²) in [4.78, 5) is 20.6. The second kappa shape index (κ2) is 10.6. The van der Waals surface area contributed by atoms with E-state index in [0.717, 1.165) is 37.6 Å². The third-order valence-electron chi connectivity index (χ3n) is 7.82. The largest absolute Gasteiger partial charge is 0.478 e. The molecule has 1 fully saturated rings. The van der Waals surface area contributed by atoms with E-state index in [4.69, 9.17) is 9.47 Å². The second-order valence-corrected chi connectivity index (χ2v) is 10.6. The minimum atomic E-state index is -1.05. The summed E-state index contributed by atoms with van der Waals surface area (Å²) in [6, 6.07) is 13.9. The van der Waals surface area contributed by atoms with Crippen LogP contribution in [0.5, 0.6) is 5.88 Å². The molecule has 9 nitrogen and oxygen atoms in total. The Morgan fingerprint density at radius 1 is 1.10 bits per heavy atom. The van der Waals surface area contributed by atoms with Crippen LogP contribution in [0.25, 0.3) is 22.3 Å². The van der Waals surface area contributed by atoms with Crippen LogP contribution in [0.3, 0.4) is 0 Å². The number of pyridine rings is 1. The van der Waals surface area contributed by atoms with E-state index in [1.165, 1.54) is 17.8 Å². The first kappa shape index (κ1) is 26.3. The SMILES string of the molecule is O=C(O)c1ccc2nc(Cc3cc(F)c(-c4cccc(OCc5cc6n(n5)CCC6)n4)cc3F)n(CC3CCO3)c2c1. The molecule has 214 valence electrons. The van der Waals surface area contributed by atoms with Crippen LogP contribution in [-0.2, 0) is 37.3 Å². The number of carboxylic acids is 1. The standard InChI is InChI=1S/C31H27F2N5O4/c32-24-15-23(26-4-1-5-30(35-26)42-17-20-14-21-3-2-9-38(21)36-20)25(33)11-19(24)13-29-34-27-7-6-18(31(39)40)12-28(27)37(29)16-22-8-10-41-22/h1,4-7,11-12,14-15,22H,2-3,8-10,13,16-17H2,(H,39,40). The van der Waals surface area contributed by atoms with Gasteiger partial charge in [0.25, 0.3) is 0 Å². The van der Waals surface area contributed by atoms with E-state index in [1.54, 1.807) is 30.3 Å². The summed E-state index contributed by atoms with van der Waals surface area (Å²) < 4.78 is 46.1. The van der Waals surface area contributed by atoms with Crippen molar-refractivity contribution in [3.63, 3.8) is 0 Å². The second-order valence-electron chi connectivity index (χ2n) is 10.6. The van der Waals surface area contributed by atoms with Crippen molar-refractivity contribution in [2.75, 3.05) is 6.61 Å². The lowest BCUT2D eigenvalue weighted by molar-refractivity contribution is -0.0589. The zero-order valence-corrected chi connectivity index (χ0v) is 22.6. The van der Waals surface area contributed by atoms with Gasteiger partial charge in [0, 0.05) is 36.9 Å². The van der Waals surface area contributed by atoms with Gasteiger partial charge in [-0.25, -0.2) is 23.5 Å². The van der Waals surface area contributed by atoms with E-state index in [9.17, 15) is 9.90 Å². The van der Waals surface area contributed by atoms with Crippen LogP contribution >= 0.6 is 0 Å². The van der Waals surface area contributed by atoms with Crippen LogP contribution in [0.2, 0.25) is 0 Å². The molecular formula is C31H27F2N5O4. The Morgan fingerprint density at radius 2 is 1.98 bits per heavy atom. The number of carboxylic acid groups (broad SMARTS) is 1. The molecule has 11 heteroatoms. The van der Waals surface area contributed by atoms with Crippen molar-refractivity contribution in [3.05, 3.63) is 94.6 Å². The Balaban J connectivity index is 1.14. The maximum Gasteiger partial charge on any atom is 0.335 e. The molecule has 1 atom stereocenters. The number of rotatable bonds is 9. The number of halogens is 2. The van der Waals surface area contributed by atoms with E-state index in [0.29, 0.717) is 30.0 Å². The normalized spacial score (nSPS) is 16.0. The average molecular weight is 572 g/mol. The lowest BCUT2D eigenvalue weighted by Crippen LogP contribution is -2.31. The fourth-order valence-electron chi connectivity index (χ4n) is 5.55. The number of ether oxygens (including phenoxy) is 2. The zero-order chi connectivity index (χ0) is 28.8. The molecule has 7 rings (SSSR count). The van der Waals surface area contributed by atoms with Crippen LogP contribution in [-0.4, -0.2) is 48.1 Å². The first-order chi connectivity index (χ1) is 20.4. The fourth-order valence-corrected chi connectivity index (χ4v) is 5.55. The summed E-state index contributed by atoms with van der Waals surface area (Å²) in [5.41, 5.74) is 3.69. The molecule has 1 unspecified atom stereocenters. The third-order valence-corrected chi connectivity index (χ3v) is 7.82. The van der Waals surface area contributed by atoms with Crippen molar-refractivity contribution in [2.45, 2.75) is 51.5 Å². The van der Waals surface area contributed by atoms with E-state index in [-0.39, 0.29) is 47.4 Å². The number of aromatic nitrogens is 5. The number of aryl methyl sites for hydroxylation is 2. The molecule has 3 aromatic heterocycles. The van der Waals surface area contributed by atoms with Gasteiger partial charge in [0.05, 0.1) is 34.9 Å². The molecule has 5 heterocycles. The molecule has 2 aromatic carbocycles. The average Bonchev–Trinajstić information content (AvgIpc) is 3.65. The Labute approximate surface area is 239 Å². The predicted molar refractivity (Wildman–Crippen MR) is 148 cm³/mol. The van der Waals surface area contributed by atoms with Crippen molar-refractivity contribution in [1.29, 1.82) is 0 Å². The van der Waals surface area contributed by atoms with Crippen LogP contribution < -0.4 is 4.74 Å². The van der Waals surface area contributed by atoms with E-state index in [1.807, 2.05) is 15.3 Å². The van der Waals surface area contributed by atoms with Crippen LogP contribution in [0.1, 0.15) is 46.0 Å². The van der Waals surface area contributed by atoms with E-state index in [2.05, 4.69) is 15.1 Å². The highest BCUT2D eigenvalue weighted by Crippen LogP contribution is 2.29. The quantitative estimate of drug-likeness (QED) is 0.260. The lowest BCUT2D eigenvalue weighted by atomic mass is 10.0. The molecule has 2 aliphatic heterocycles. The van der Waals surface area contributed by atoms with Gasteiger partial charge in [-0.05, 0) is 67.3 Å². The molecule has 42 heavy (non-hydrogen) atoms. The molecule has 5 aromatic rings. The number of hydrogen-bond donors (Lipinski definition) is 1. The predicted octanol–water partition coefficient (Wildman–Crippen LogP) is 5.18. The van der Waals surface area contributed by atoms with Gasteiger partial charge < -0.3 is 19.1 Å². The Kier molecular flexibility index (Phi) is 6.66. The molecule has 0 spiro atoms. The maximum absolute atomic E-state index is 15.5. The van der Waals surface area contributed by atoms with Crippen LogP contribution in [0.4, 0.5) is 8.78 Å². The number of imidazole rings is 1. The minimum absolute atomic E-state index is 0.0120. The summed E-state index contributed by atoms with van der Waals surface area (Å²) >= 11 is 0. The topological polar surface area (TPSA) is 104 Å². The Bertz CT molecular complexity index is 1810. The molecule has 0 aliphatic carbocycles. The number of hydrogen-bond acceptors (Lipinski definition) is 6. The van der Waals surface area contributed by atoms with Gasteiger partial charge in [-0.2, -0.15) is 5.10 Å². The maximum atomic E-state index is 15.5. The van der Waals surface area contributed by atoms with Crippen molar-refractivity contribution >= 4 is 17.0 Å². The number of aromatic carboxylic acids is 1. The summed E-state index contributed by atoms with van der Waals surface area (Å²) in [6.45, 7) is 2.23. The minimum Gasteiger partial charge on any atom is -0.478 e. The van der Waals surface area contributed by atoms with Gasteiger partial charge in [0.15, 0.2) is 0 Å². The van der Waals surface area contributed by atoms with Crippen molar-refractivity contribution in [2.24, 2.45) is 0 Å². The Hall–Kier alpha value is -4.64. The molecule has 1 saturated heterocycles. The highest BCUT2D eigenvalue weighted by molar-refractivity contribution is 5.92. The fraction of sp³-hybridized carbons (Fsp3) is 0.290. The highest BCUT2D eigenvalue weighted by Gasteiger charge is 2.24. The van der Waals surface area contributed by atoms with E-state index >= 15 is 8.78 Å². The van der Waals surface area contributed by atoms with Gasteiger partial charge >= 0.3 is 5.97 Å². The summed E-state index contributed by atoms with van der Waals surface area (Å²) in [5, 5.41) is 14.0. The monoisotopic (exact) mass is 571 g/mol. The number of fused-ring (bicyclic) bond motifs is 2. The molecule has 0 saturated carbocycles. The molecule has 0 bridgehead atoms. The number of carbonyl (C=O) groups is 1. The summed E-state index contributed by atoms with van der Waals surface area (Å²) in [7, 11) is 0. The van der Waals surface area contributed by atoms with Crippen molar-refractivity contribution in [1.82, 2.24) is 24.3 Å². The molecule has 1 N–H and O–H groups in total. The Morgan fingerprint density at radius 3 is 2.76 bits per heavy atom. The smallest absolute Gasteiger partial charge is 0.335 e. The molecular weight excluding hydrogens is 544 g/mol. The number of nitrogens with zero attached hydrogens (tertiary/aromatic N) is 5. The molecule has 2 aliphatic rings. The third kappa shape index (κ3) is 5.00. The van der Waals surface area contributed by atoms with Gasteiger partial charge in [-0.1, -0.05) is 6.07 Å². The highest BCUT2D eigenvalue weighted by atomic mass is 19.1. The number of benzene rings is 2. The zero-order valence-electron chi connectivity index (χ0n) is 22.6.